The van der Waals surface area contributed by atoms with Crippen molar-refractivity contribution in [3.05, 3.63) is 108 Å². The second kappa shape index (κ2) is 9.27. The van der Waals surface area contributed by atoms with Crippen LogP contribution in [-0.2, 0) is 14.8 Å². The summed E-state index contributed by atoms with van der Waals surface area (Å²) in [6, 6.07) is 27.3. The molecule has 1 amide bonds. The molecule has 6 aromatic rings. The van der Waals surface area contributed by atoms with Crippen molar-refractivity contribution < 1.29 is 13.2 Å². The zero-order valence-electron chi connectivity index (χ0n) is 20.2. The predicted octanol–water partition coefficient (Wildman–Crippen LogP) is 6.61. The first kappa shape index (κ1) is 24.1. The monoisotopic (exact) mass is 584 g/mol. The number of carbonyl (C=O) groups excluding carboxylic acids is 1. The third-order valence-electron chi connectivity index (χ3n) is 6.31. The second-order valence-electron chi connectivity index (χ2n) is 8.87. The van der Waals surface area contributed by atoms with Gasteiger partial charge < -0.3 is 5.32 Å². The molecule has 2 aromatic heterocycles. The first-order valence-corrected chi connectivity index (χ1v) is 14.0. The molecule has 0 bridgehead atoms. The Morgan fingerprint density at radius 3 is 2.45 bits per heavy atom. The van der Waals surface area contributed by atoms with Gasteiger partial charge >= 0.3 is 0 Å². The minimum absolute atomic E-state index is 0.205. The van der Waals surface area contributed by atoms with Crippen molar-refractivity contribution in [2.45, 2.75) is 11.8 Å². The van der Waals surface area contributed by atoms with Gasteiger partial charge in [0, 0.05) is 39.9 Å². The predicted molar refractivity (Wildman–Crippen MR) is 153 cm³/mol. The summed E-state index contributed by atoms with van der Waals surface area (Å²) < 4.78 is 31.4. The molecule has 6 rings (SSSR count). The van der Waals surface area contributed by atoms with Crippen molar-refractivity contribution in [1.82, 2.24) is 13.5 Å². The lowest BCUT2D eigenvalue weighted by molar-refractivity contribution is -0.114. The summed E-state index contributed by atoms with van der Waals surface area (Å²) in [4.78, 5) is 16.7. The van der Waals surface area contributed by atoms with Crippen LogP contribution in [0.15, 0.2) is 113 Å². The molecule has 0 spiro atoms. The zero-order valence-corrected chi connectivity index (χ0v) is 22.6. The maximum Gasteiger partial charge on any atom is 0.268 e. The van der Waals surface area contributed by atoms with E-state index in [-0.39, 0.29) is 10.8 Å². The van der Waals surface area contributed by atoms with Crippen molar-refractivity contribution in [3.63, 3.8) is 0 Å². The summed E-state index contributed by atoms with van der Waals surface area (Å²) in [6.07, 6.45) is 3.38. The van der Waals surface area contributed by atoms with E-state index >= 15 is 0 Å². The number of carbonyl (C=O) groups is 1. The Balaban J connectivity index is 1.59. The third kappa shape index (κ3) is 4.19. The highest BCUT2D eigenvalue weighted by atomic mass is 79.9. The number of para-hydroxylation sites is 1. The molecule has 38 heavy (non-hydrogen) atoms. The van der Waals surface area contributed by atoms with Crippen LogP contribution in [0.2, 0.25) is 0 Å². The molecule has 7 nitrogen and oxygen atoms in total. The van der Waals surface area contributed by atoms with Crippen molar-refractivity contribution in [3.8, 4) is 16.8 Å². The number of nitrogens with one attached hydrogen (secondary N) is 1. The van der Waals surface area contributed by atoms with Crippen LogP contribution in [0.5, 0.6) is 0 Å². The molecule has 9 heteroatoms. The van der Waals surface area contributed by atoms with E-state index in [1.807, 2.05) is 59.2 Å². The molecular weight excluding hydrogens is 564 g/mol. The molecule has 1 N–H and O–H groups in total. The molecule has 0 aliphatic heterocycles. The Morgan fingerprint density at radius 2 is 1.66 bits per heavy atom. The summed E-state index contributed by atoms with van der Waals surface area (Å²) in [7, 11) is -3.84. The van der Waals surface area contributed by atoms with Crippen molar-refractivity contribution in [2.75, 3.05) is 5.32 Å². The van der Waals surface area contributed by atoms with E-state index < -0.39 is 10.0 Å². The number of halogens is 1. The fraction of sp³-hybridized carbons (Fsp3) is 0.0345. The second-order valence-corrected chi connectivity index (χ2v) is 11.6. The molecule has 188 valence electrons. The minimum atomic E-state index is -3.84. The van der Waals surface area contributed by atoms with Gasteiger partial charge in [0.25, 0.3) is 10.0 Å². The van der Waals surface area contributed by atoms with E-state index in [0.717, 1.165) is 37.7 Å². The molecule has 0 fully saturated rings. The zero-order chi connectivity index (χ0) is 26.4. The summed E-state index contributed by atoms with van der Waals surface area (Å²) >= 11 is 3.49. The molecule has 0 saturated heterocycles. The topological polar surface area (TPSA) is 86.0 Å². The van der Waals surface area contributed by atoms with Gasteiger partial charge in [-0.25, -0.2) is 17.4 Å². The number of amides is 1. The van der Waals surface area contributed by atoms with Crippen LogP contribution in [0.3, 0.4) is 0 Å². The number of nitrogens with zero attached hydrogens (tertiary/aromatic N) is 3. The molecule has 0 unspecified atom stereocenters. The Bertz CT molecular complexity index is 1960. The summed E-state index contributed by atoms with van der Waals surface area (Å²) in [5.74, 6) is -0.207. The van der Waals surface area contributed by atoms with Gasteiger partial charge in [0.2, 0.25) is 5.91 Å². The van der Waals surface area contributed by atoms with E-state index in [1.54, 1.807) is 48.9 Å². The smallest absolute Gasteiger partial charge is 0.268 e. The number of rotatable bonds is 5. The Morgan fingerprint density at radius 1 is 0.895 bits per heavy atom. The molecule has 4 aromatic carbocycles. The number of hydrogen-bond donors (Lipinski definition) is 1. The van der Waals surface area contributed by atoms with E-state index in [1.165, 1.54) is 10.9 Å². The van der Waals surface area contributed by atoms with Gasteiger partial charge in [-0.3, -0.25) is 9.36 Å². The van der Waals surface area contributed by atoms with E-state index in [2.05, 4.69) is 26.2 Å². The highest BCUT2D eigenvalue weighted by Crippen LogP contribution is 2.36. The lowest BCUT2D eigenvalue weighted by atomic mass is 10.0. The third-order valence-corrected chi connectivity index (χ3v) is 8.50. The van der Waals surface area contributed by atoms with Gasteiger partial charge in [0.05, 0.1) is 21.4 Å². The summed E-state index contributed by atoms with van der Waals surface area (Å²) in [5, 5.41) is 3.66. The molecule has 0 aliphatic rings. The summed E-state index contributed by atoms with van der Waals surface area (Å²) in [6.45, 7) is 1.45. The van der Waals surface area contributed by atoms with Gasteiger partial charge in [0.1, 0.15) is 6.33 Å². The lowest BCUT2D eigenvalue weighted by Gasteiger charge is -2.12. The van der Waals surface area contributed by atoms with Crippen LogP contribution < -0.4 is 5.32 Å². The van der Waals surface area contributed by atoms with Gasteiger partial charge in [-0.2, -0.15) is 0 Å². The molecule has 0 atom stereocenters. The van der Waals surface area contributed by atoms with Crippen LogP contribution in [0, 0.1) is 0 Å². The Labute approximate surface area is 227 Å². The standard InChI is InChI=1S/C29H21BrN4O3S/c1-19(35)32-22-13-20(14-23(16-22)33-18-31-27-15-21(30)11-12-29(27)33)26-17-34(28-10-6-5-9-25(26)28)38(36,37)24-7-3-2-4-8-24/h2-18H,1H3,(H,32,35). The fourth-order valence-electron chi connectivity index (χ4n) is 4.66. The normalized spacial score (nSPS) is 11.7. The lowest BCUT2D eigenvalue weighted by Crippen LogP contribution is -2.11. The van der Waals surface area contributed by atoms with Crippen molar-refractivity contribution >= 4 is 59.5 Å². The summed E-state index contributed by atoms with van der Waals surface area (Å²) in [5.41, 5.74) is 5.12. The Hall–Kier alpha value is -4.21. The molecule has 0 radical (unpaired) electrons. The SMILES string of the molecule is CC(=O)Nc1cc(-c2cn(S(=O)(=O)c3ccccc3)c3ccccc23)cc(-n2cnc3cc(Br)ccc32)c1. The van der Waals surface area contributed by atoms with Crippen LogP contribution in [0.25, 0.3) is 38.8 Å². The first-order chi connectivity index (χ1) is 18.3. The van der Waals surface area contributed by atoms with Gasteiger partial charge in [-0.05, 0) is 60.2 Å². The molecular formula is C29H21BrN4O3S. The number of imidazole rings is 1. The highest BCUT2D eigenvalue weighted by Gasteiger charge is 2.22. The fourth-order valence-corrected chi connectivity index (χ4v) is 6.40. The Kier molecular flexibility index (Phi) is 5.89. The maximum absolute atomic E-state index is 13.6. The minimum Gasteiger partial charge on any atom is -0.326 e. The first-order valence-electron chi connectivity index (χ1n) is 11.8. The number of benzene rings is 4. The quantitative estimate of drug-likeness (QED) is 0.247. The number of fused-ring (bicyclic) bond motifs is 2. The molecule has 2 heterocycles. The number of anilines is 1. The number of aromatic nitrogens is 3. The number of hydrogen-bond acceptors (Lipinski definition) is 4. The van der Waals surface area contributed by atoms with Gasteiger partial charge in [0.15, 0.2) is 0 Å². The molecule has 0 saturated carbocycles. The van der Waals surface area contributed by atoms with Crippen LogP contribution in [-0.4, -0.2) is 27.8 Å². The average molecular weight is 585 g/mol. The maximum atomic E-state index is 13.6. The van der Waals surface area contributed by atoms with E-state index in [0.29, 0.717) is 11.2 Å². The van der Waals surface area contributed by atoms with Gasteiger partial charge in [-0.1, -0.05) is 52.3 Å². The van der Waals surface area contributed by atoms with Crippen molar-refractivity contribution in [1.29, 1.82) is 0 Å². The van der Waals surface area contributed by atoms with E-state index in [9.17, 15) is 13.2 Å². The van der Waals surface area contributed by atoms with Crippen LogP contribution >= 0.6 is 15.9 Å². The average Bonchev–Trinajstić information content (AvgIpc) is 3.51. The van der Waals surface area contributed by atoms with Crippen LogP contribution in [0.1, 0.15) is 6.92 Å². The van der Waals surface area contributed by atoms with Gasteiger partial charge in [-0.15, -0.1) is 0 Å². The largest absolute Gasteiger partial charge is 0.326 e. The van der Waals surface area contributed by atoms with Crippen molar-refractivity contribution in [2.24, 2.45) is 0 Å². The molecule has 0 aliphatic carbocycles. The highest BCUT2D eigenvalue weighted by molar-refractivity contribution is 9.10. The van der Waals surface area contributed by atoms with Crippen LogP contribution in [0.4, 0.5) is 5.69 Å². The van der Waals surface area contributed by atoms with E-state index in [4.69, 9.17) is 0 Å².